The van der Waals surface area contributed by atoms with Crippen LogP contribution < -0.4 is 0 Å². The molecule has 0 aromatic carbocycles. The molecule has 0 bridgehead atoms. The first kappa shape index (κ1) is 9.60. The van der Waals surface area contributed by atoms with Crippen molar-refractivity contribution >= 4 is 33.2 Å². The van der Waals surface area contributed by atoms with Gasteiger partial charge in [0, 0.05) is 4.47 Å². The average Bonchev–Trinajstić information content (AvgIpc) is 2.30. The minimum Gasteiger partial charge on any atom is -0.477 e. The van der Waals surface area contributed by atoms with E-state index in [0.29, 0.717) is 11.3 Å². The number of aromatic carboxylic acids is 1. The van der Waals surface area contributed by atoms with Gasteiger partial charge in [0.2, 0.25) is 0 Å². The molecule has 0 amide bonds. The highest BCUT2D eigenvalue weighted by Crippen LogP contribution is 2.34. The van der Waals surface area contributed by atoms with Crippen LogP contribution in [0.2, 0.25) is 0 Å². The lowest BCUT2D eigenvalue weighted by Crippen LogP contribution is -1.89. The van der Waals surface area contributed by atoms with Gasteiger partial charge < -0.3 is 5.11 Å². The summed E-state index contributed by atoms with van der Waals surface area (Å²) in [6.07, 6.45) is -2.63. The van der Waals surface area contributed by atoms with Crippen LogP contribution in [0.5, 0.6) is 0 Å². The molecule has 1 rings (SSSR count). The molecule has 6 heteroatoms. The highest BCUT2D eigenvalue weighted by molar-refractivity contribution is 9.10. The molecular formula is C6H3BrF2O2S. The molecule has 0 radical (unpaired) electrons. The zero-order chi connectivity index (χ0) is 9.30. The highest BCUT2D eigenvalue weighted by atomic mass is 79.9. The van der Waals surface area contributed by atoms with E-state index in [9.17, 15) is 13.6 Å². The molecule has 0 atom stereocenters. The van der Waals surface area contributed by atoms with E-state index in [1.165, 1.54) is 6.07 Å². The zero-order valence-electron chi connectivity index (χ0n) is 5.55. The molecule has 0 unspecified atom stereocenters. The lowest BCUT2D eigenvalue weighted by molar-refractivity contribution is 0.0702. The second kappa shape index (κ2) is 3.49. The molecule has 2 nitrogen and oxygen atoms in total. The van der Waals surface area contributed by atoms with Crippen molar-refractivity contribution in [3.8, 4) is 0 Å². The monoisotopic (exact) mass is 256 g/mol. The Hall–Kier alpha value is -0.490. The second-order valence-corrected chi connectivity index (χ2v) is 3.87. The van der Waals surface area contributed by atoms with Gasteiger partial charge in [-0.15, -0.1) is 11.3 Å². The quantitative estimate of drug-likeness (QED) is 0.883. The number of thiophene rings is 1. The Morgan fingerprint density at radius 3 is 2.50 bits per heavy atom. The number of halogens is 3. The molecule has 0 aliphatic carbocycles. The van der Waals surface area contributed by atoms with Crippen LogP contribution in [0, 0.1) is 0 Å². The van der Waals surface area contributed by atoms with Gasteiger partial charge in [0.25, 0.3) is 6.43 Å². The summed E-state index contributed by atoms with van der Waals surface area (Å²) in [5, 5.41) is 8.45. The summed E-state index contributed by atoms with van der Waals surface area (Å²) in [6, 6.07) is 1.18. The summed E-state index contributed by atoms with van der Waals surface area (Å²) in [7, 11) is 0. The Labute approximate surface area is 79.0 Å². The fourth-order valence-electron chi connectivity index (χ4n) is 0.637. The maximum atomic E-state index is 12.1. The van der Waals surface area contributed by atoms with Crippen molar-refractivity contribution in [1.82, 2.24) is 0 Å². The van der Waals surface area contributed by atoms with Gasteiger partial charge in [-0.2, -0.15) is 0 Å². The SMILES string of the molecule is O=C(O)c1cc(Br)c(C(F)F)s1. The third-order valence-corrected chi connectivity index (χ3v) is 3.17. The number of carboxylic acid groups (broad SMARTS) is 1. The Morgan fingerprint density at radius 1 is 1.67 bits per heavy atom. The van der Waals surface area contributed by atoms with E-state index in [4.69, 9.17) is 5.11 Å². The summed E-state index contributed by atoms with van der Waals surface area (Å²) < 4.78 is 24.3. The lowest BCUT2D eigenvalue weighted by atomic mass is 10.4. The summed E-state index contributed by atoms with van der Waals surface area (Å²) in [5.74, 6) is -1.19. The smallest absolute Gasteiger partial charge is 0.345 e. The molecule has 0 fully saturated rings. The standard InChI is InChI=1S/C6H3BrF2O2S/c7-2-1-3(6(10)11)12-4(2)5(8)9/h1,5H,(H,10,11). The van der Waals surface area contributed by atoms with Gasteiger partial charge in [-0.25, -0.2) is 13.6 Å². The molecule has 1 N–H and O–H groups in total. The van der Waals surface area contributed by atoms with E-state index in [1.807, 2.05) is 0 Å². The Balaban J connectivity index is 3.09. The molecule has 66 valence electrons. The fraction of sp³-hybridized carbons (Fsp3) is 0.167. The van der Waals surface area contributed by atoms with Crippen LogP contribution in [0.25, 0.3) is 0 Å². The molecule has 12 heavy (non-hydrogen) atoms. The third-order valence-electron chi connectivity index (χ3n) is 1.12. The van der Waals surface area contributed by atoms with Crippen LogP contribution in [0.1, 0.15) is 21.0 Å². The van der Waals surface area contributed by atoms with Crippen LogP contribution in [0.15, 0.2) is 10.5 Å². The maximum absolute atomic E-state index is 12.1. The zero-order valence-corrected chi connectivity index (χ0v) is 7.95. The number of rotatable bonds is 2. The fourth-order valence-corrected chi connectivity index (χ4v) is 2.18. The molecule has 1 aromatic rings. The predicted molar refractivity (Wildman–Crippen MR) is 43.9 cm³/mol. The normalized spacial score (nSPS) is 10.7. The minimum absolute atomic E-state index is 0.0859. The van der Waals surface area contributed by atoms with E-state index in [0.717, 1.165) is 0 Å². The second-order valence-electron chi connectivity index (χ2n) is 1.93. The summed E-state index contributed by atoms with van der Waals surface area (Å²) in [6.45, 7) is 0. The van der Waals surface area contributed by atoms with Gasteiger partial charge in [0.1, 0.15) is 4.88 Å². The first-order chi connectivity index (χ1) is 5.52. The maximum Gasteiger partial charge on any atom is 0.345 e. The van der Waals surface area contributed by atoms with Gasteiger partial charge >= 0.3 is 5.97 Å². The summed E-state index contributed by atoms with van der Waals surface area (Å²) in [5.41, 5.74) is 0. The molecule has 0 saturated heterocycles. The average molecular weight is 257 g/mol. The third kappa shape index (κ3) is 1.81. The van der Waals surface area contributed by atoms with Crippen molar-refractivity contribution < 1.29 is 18.7 Å². The predicted octanol–water partition coefficient (Wildman–Crippen LogP) is 3.15. The van der Waals surface area contributed by atoms with Gasteiger partial charge in [-0.05, 0) is 22.0 Å². The van der Waals surface area contributed by atoms with Gasteiger partial charge in [-0.3, -0.25) is 0 Å². The van der Waals surface area contributed by atoms with Crippen molar-refractivity contribution in [3.05, 3.63) is 20.3 Å². The molecule has 0 saturated carbocycles. The molecule has 1 aromatic heterocycles. The largest absolute Gasteiger partial charge is 0.477 e. The Morgan fingerprint density at radius 2 is 2.25 bits per heavy atom. The van der Waals surface area contributed by atoms with Crippen molar-refractivity contribution in [2.75, 3.05) is 0 Å². The van der Waals surface area contributed by atoms with Crippen LogP contribution in [-0.4, -0.2) is 11.1 Å². The molecule has 1 heterocycles. The van der Waals surface area contributed by atoms with Crippen LogP contribution >= 0.6 is 27.3 Å². The van der Waals surface area contributed by atoms with E-state index >= 15 is 0 Å². The van der Waals surface area contributed by atoms with Crippen LogP contribution in [0.4, 0.5) is 8.78 Å². The Kier molecular flexibility index (Phi) is 2.79. The number of hydrogen-bond acceptors (Lipinski definition) is 2. The van der Waals surface area contributed by atoms with Gasteiger partial charge in [-0.1, -0.05) is 0 Å². The Bertz CT molecular complexity index is 310. The number of hydrogen-bond donors (Lipinski definition) is 1. The first-order valence-electron chi connectivity index (χ1n) is 2.83. The van der Waals surface area contributed by atoms with Crippen LogP contribution in [0.3, 0.4) is 0 Å². The van der Waals surface area contributed by atoms with Crippen molar-refractivity contribution in [2.24, 2.45) is 0 Å². The topological polar surface area (TPSA) is 37.3 Å². The first-order valence-corrected chi connectivity index (χ1v) is 4.44. The molecule has 0 spiro atoms. The highest BCUT2D eigenvalue weighted by Gasteiger charge is 2.18. The van der Waals surface area contributed by atoms with Gasteiger partial charge in [0.15, 0.2) is 0 Å². The van der Waals surface area contributed by atoms with Crippen LogP contribution in [-0.2, 0) is 0 Å². The van der Waals surface area contributed by atoms with Crippen molar-refractivity contribution in [3.63, 3.8) is 0 Å². The number of alkyl halides is 2. The van der Waals surface area contributed by atoms with Crippen molar-refractivity contribution in [1.29, 1.82) is 0 Å². The summed E-state index contributed by atoms with van der Waals surface area (Å²) >= 11 is 3.43. The van der Waals surface area contributed by atoms with E-state index in [1.54, 1.807) is 0 Å². The molecule has 0 aliphatic heterocycles. The van der Waals surface area contributed by atoms with E-state index in [2.05, 4.69) is 15.9 Å². The lowest BCUT2D eigenvalue weighted by Gasteiger charge is -1.92. The van der Waals surface area contributed by atoms with Crippen molar-refractivity contribution in [2.45, 2.75) is 6.43 Å². The number of carbonyl (C=O) groups is 1. The van der Waals surface area contributed by atoms with Gasteiger partial charge in [0.05, 0.1) is 4.88 Å². The van der Waals surface area contributed by atoms with E-state index < -0.39 is 12.4 Å². The molecule has 0 aliphatic rings. The minimum atomic E-state index is -2.63. The summed E-state index contributed by atoms with van der Waals surface area (Å²) in [4.78, 5) is 10.0. The number of carboxylic acids is 1. The van der Waals surface area contributed by atoms with E-state index in [-0.39, 0.29) is 14.2 Å². The molecular weight excluding hydrogens is 254 g/mol.